The number of hydrogen-bond donors (Lipinski definition) is 1. The second-order valence-electron chi connectivity index (χ2n) is 6.07. The van der Waals surface area contributed by atoms with Crippen LogP contribution >= 0.6 is 24.8 Å². The number of halogens is 2. The molecule has 2 aromatic carbocycles. The zero-order valence-electron chi connectivity index (χ0n) is 17.3. The Bertz CT molecular complexity index is 1010. The van der Waals surface area contributed by atoms with E-state index in [0.29, 0.717) is 43.7 Å². The highest BCUT2D eigenvalue weighted by Gasteiger charge is 2.13. The van der Waals surface area contributed by atoms with Gasteiger partial charge in [0.05, 0.1) is 18.7 Å². The number of anilines is 2. The summed E-state index contributed by atoms with van der Waals surface area (Å²) in [6.07, 6.45) is 6.99. The number of nitrogens with zero attached hydrogens (tertiary/aromatic N) is 2. The number of hydrogen-bond acceptors (Lipinski definition) is 7. The van der Waals surface area contributed by atoms with Crippen LogP contribution in [0.4, 0.5) is 11.5 Å². The Morgan fingerprint density at radius 3 is 2.23 bits per heavy atom. The van der Waals surface area contributed by atoms with Gasteiger partial charge >= 0.3 is 0 Å². The zero-order valence-corrected chi connectivity index (χ0v) is 18.9. The van der Waals surface area contributed by atoms with Crippen molar-refractivity contribution >= 4 is 47.2 Å². The standard InChI is InChI=1S/C22H23N3O4.2ClH/c1-4-16-6-5-7-17(12-16)25-22-18-13-20(28-10-8-26-2)21(29-11-9-27-3)14-19(18)23-15-24-22;;/h1,5-7,12-15H,8-11H2,2-3H3,(H,23,24,25);2*1H. The Hall–Kier alpha value is -2.76. The van der Waals surface area contributed by atoms with Gasteiger partial charge in [0.25, 0.3) is 0 Å². The molecule has 0 amide bonds. The van der Waals surface area contributed by atoms with Gasteiger partial charge in [-0.05, 0) is 24.3 Å². The lowest BCUT2D eigenvalue weighted by Crippen LogP contribution is -2.09. The molecule has 1 aromatic heterocycles. The number of terminal acetylenes is 1. The van der Waals surface area contributed by atoms with Crippen LogP contribution in [0.1, 0.15) is 5.56 Å². The van der Waals surface area contributed by atoms with Crippen molar-refractivity contribution in [2.75, 3.05) is 46.0 Å². The lowest BCUT2D eigenvalue weighted by molar-refractivity contribution is 0.132. The normalized spacial score (nSPS) is 9.84. The molecule has 3 aromatic rings. The van der Waals surface area contributed by atoms with Crippen molar-refractivity contribution in [3.05, 3.63) is 48.3 Å². The minimum Gasteiger partial charge on any atom is -0.487 e. The van der Waals surface area contributed by atoms with Crippen LogP contribution in [0.2, 0.25) is 0 Å². The highest BCUT2D eigenvalue weighted by Crippen LogP contribution is 2.35. The number of nitrogens with one attached hydrogen (secondary N) is 1. The van der Waals surface area contributed by atoms with Gasteiger partial charge in [0, 0.05) is 36.9 Å². The Morgan fingerprint density at radius 1 is 0.903 bits per heavy atom. The maximum Gasteiger partial charge on any atom is 0.163 e. The molecule has 0 radical (unpaired) electrons. The van der Waals surface area contributed by atoms with Crippen LogP contribution < -0.4 is 14.8 Å². The Balaban J connectivity index is 0.00000240. The van der Waals surface area contributed by atoms with E-state index < -0.39 is 0 Å². The quantitative estimate of drug-likeness (QED) is 0.354. The van der Waals surface area contributed by atoms with Gasteiger partial charge in [-0.2, -0.15) is 0 Å². The molecule has 1 heterocycles. The lowest BCUT2D eigenvalue weighted by atomic mass is 10.2. The van der Waals surface area contributed by atoms with E-state index in [1.807, 2.05) is 36.4 Å². The van der Waals surface area contributed by atoms with Gasteiger partial charge in [0.1, 0.15) is 25.4 Å². The molecule has 166 valence electrons. The predicted molar refractivity (Wildman–Crippen MR) is 126 cm³/mol. The van der Waals surface area contributed by atoms with Gasteiger partial charge in [-0.3, -0.25) is 0 Å². The second kappa shape index (κ2) is 13.5. The topological polar surface area (TPSA) is 74.7 Å². The van der Waals surface area contributed by atoms with Crippen LogP contribution in [0.5, 0.6) is 11.5 Å². The molecule has 0 spiro atoms. The van der Waals surface area contributed by atoms with Crippen LogP contribution in [0, 0.1) is 12.3 Å². The maximum atomic E-state index is 5.86. The first kappa shape index (κ1) is 26.3. The molecule has 0 saturated carbocycles. The van der Waals surface area contributed by atoms with Crippen molar-refractivity contribution < 1.29 is 18.9 Å². The van der Waals surface area contributed by atoms with Crippen molar-refractivity contribution in [3.63, 3.8) is 0 Å². The molecule has 31 heavy (non-hydrogen) atoms. The van der Waals surface area contributed by atoms with E-state index in [0.717, 1.165) is 22.2 Å². The van der Waals surface area contributed by atoms with Crippen molar-refractivity contribution in [1.29, 1.82) is 0 Å². The Kier molecular flexibility index (Phi) is 11.5. The molecular weight excluding hydrogens is 441 g/mol. The summed E-state index contributed by atoms with van der Waals surface area (Å²) in [6, 6.07) is 11.3. The molecule has 0 fully saturated rings. The Morgan fingerprint density at radius 2 is 1.58 bits per heavy atom. The first-order chi connectivity index (χ1) is 14.2. The third-order valence-electron chi connectivity index (χ3n) is 4.08. The SMILES string of the molecule is C#Cc1cccc(Nc2ncnc3cc(OCCOC)c(OCCOC)cc23)c1.Cl.Cl. The molecule has 0 aliphatic heterocycles. The molecule has 3 rings (SSSR count). The summed E-state index contributed by atoms with van der Waals surface area (Å²) in [5.41, 5.74) is 2.34. The zero-order chi connectivity index (χ0) is 20.5. The number of benzene rings is 2. The number of methoxy groups -OCH3 is 2. The molecule has 0 bridgehead atoms. The summed E-state index contributed by atoms with van der Waals surface area (Å²) >= 11 is 0. The molecular formula is C22H25Cl2N3O4. The number of rotatable bonds is 10. The van der Waals surface area contributed by atoms with Gasteiger partial charge in [-0.25, -0.2) is 9.97 Å². The molecule has 9 heteroatoms. The summed E-state index contributed by atoms with van der Waals surface area (Å²) in [7, 11) is 3.25. The van der Waals surface area contributed by atoms with E-state index in [1.54, 1.807) is 14.2 Å². The van der Waals surface area contributed by atoms with Crippen molar-refractivity contribution in [2.45, 2.75) is 0 Å². The highest BCUT2D eigenvalue weighted by atomic mass is 35.5. The van der Waals surface area contributed by atoms with Crippen molar-refractivity contribution in [1.82, 2.24) is 9.97 Å². The first-order valence-corrected chi connectivity index (χ1v) is 9.11. The van der Waals surface area contributed by atoms with Gasteiger partial charge in [0.2, 0.25) is 0 Å². The lowest BCUT2D eigenvalue weighted by Gasteiger charge is -2.15. The third-order valence-corrected chi connectivity index (χ3v) is 4.08. The third kappa shape index (κ3) is 7.16. The van der Waals surface area contributed by atoms with Gasteiger partial charge in [-0.15, -0.1) is 31.2 Å². The highest BCUT2D eigenvalue weighted by molar-refractivity contribution is 5.93. The molecule has 0 atom stereocenters. The smallest absolute Gasteiger partial charge is 0.163 e. The predicted octanol–water partition coefficient (Wildman–Crippen LogP) is 4.25. The van der Waals surface area contributed by atoms with Crippen molar-refractivity contribution in [3.8, 4) is 23.8 Å². The fourth-order valence-electron chi connectivity index (χ4n) is 2.68. The summed E-state index contributed by atoms with van der Waals surface area (Å²) in [5, 5.41) is 4.10. The second-order valence-corrected chi connectivity index (χ2v) is 6.07. The minimum atomic E-state index is 0. The average molecular weight is 466 g/mol. The number of fused-ring (bicyclic) bond motifs is 1. The first-order valence-electron chi connectivity index (χ1n) is 9.11. The summed E-state index contributed by atoms with van der Waals surface area (Å²) in [5.74, 6) is 4.44. The van der Waals surface area contributed by atoms with E-state index in [4.69, 9.17) is 25.4 Å². The maximum absolute atomic E-state index is 5.86. The number of aromatic nitrogens is 2. The van der Waals surface area contributed by atoms with Gasteiger partial charge < -0.3 is 24.3 Å². The molecule has 0 aliphatic rings. The molecule has 7 nitrogen and oxygen atoms in total. The fraction of sp³-hybridized carbons (Fsp3) is 0.273. The molecule has 0 unspecified atom stereocenters. The monoisotopic (exact) mass is 465 g/mol. The van der Waals surface area contributed by atoms with Crippen LogP contribution in [-0.2, 0) is 9.47 Å². The Labute approximate surface area is 194 Å². The largest absolute Gasteiger partial charge is 0.487 e. The summed E-state index contributed by atoms with van der Waals surface area (Å²) in [6.45, 7) is 1.73. The molecule has 1 N–H and O–H groups in total. The molecule has 0 aliphatic carbocycles. The summed E-state index contributed by atoms with van der Waals surface area (Å²) in [4.78, 5) is 8.75. The van der Waals surface area contributed by atoms with Crippen LogP contribution in [0.25, 0.3) is 10.9 Å². The van der Waals surface area contributed by atoms with E-state index in [1.165, 1.54) is 6.33 Å². The van der Waals surface area contributed by atoms with Crippen molar-refractivity contribution in [2.24, 2.45) is 0 Å². The van der Waals surface area contributed by atoms with Crippen LogP contribution in [0.15, 0.2) is 42.7 Å². The van der Waals surface area contributed by atoms with E-state index in [2.05, 4.69) is 21.2 Å². The molecule has 0 saturated heterocycles. The van der Waals surface area contributed by atoms with Crippen LogP contribution in [0.3, 0.4) is 0 Å². The van der Waals surface area contributed by atoms with Crippen LogP contribution in [-0.4, -0.2) is 50.6 Å². The van der Waals surface area contributed by atoms with E-state index in [9.17, 15) is 0 Å². The van der Waals surface area contributed by atoms with Gasteiger partial charge in [0.15, 0.2) is 11.5 Å². The number of ether oxygens (including phenoxy) is 4. The van der Waals surface area contributed by atoms with E-state index >= 15 is 0 Å². The summed E-state index contributed by atoms with van der Waals surface area (Å²) < 4.78 is 21.8. The fourth-order valence-corrected chi connectivity index (χ4v) is 2.68. The minimum absolute atomic E-state index is 0. The van der Waals surface area contributed by atoms with Gasteiger partial charge in [-0.1, -0.05) is 12.0 Å². The van der Waals surface area contributed by atoms with E-state index in [-0.39, 0.29) is 24.8 Å². The average Bonchev–Trinajstić information content (AvgIpc) is 2.75.